The molecule has 1 unspecified atom stereocenters. The Morgan fingerprint density at radius 2 is 1.90 bits per heavy atom. The number of carbonyl (C=O) groups is 2. The number of amides is 2. The highest BCUT2D eigenvalue weighted by molar-refractivity contribution is 6.39. The first-order chi connectivity index (χ1) is 20.2. The molecule has 1 aliphatic rings. The van der Waals surface area contributed by atoms with E-state index in [9.17, 15) is 14.0 Å². The zero-order valence-electron chi connectivity index (χ0n) is 22.5. The van der Waals surface area contributed by atoms with Crippen LogP contribution in [-0.4, -0.2) is 40.3 Å². The molecule has 0 fully saturated rings. The van der Waals surface area contributed by atoms with E-state index in [0.29, 0.717) is 34.2 Å². The van der Waals surface area contributed by atoms with Crippen LogP contribution < -0.4 is 20.1 Å². The average Bonchev–Trinajstić information content (AvgIpc) is 3.09. The van der Waals surface area contributed by atoms with Crippen molar-refractivity contribution in [2.45, 2.75) is 26.6 Å². The summed E-state index contributed by atoms with van der Waals surface area (Å²) in [5, 5.41) is 5.94. The third kappa shape index (κ3) is 6.19. The number of nitrogens with one attached hydrogen (secondary N) is 2. The average molecular weight is 608 g/mol. The van der Waals surface area contributed by atoms with Crippen molar-refractivity contribution >= 4 is 46.4 Å². The van der Waals surface area contributed by atoms with Gasteiger partial charge in [0.25, 0.3) is 11.8 Å². The van der Waals surface area contributed by atoms with Crippen molar-refractivity contribution in [3.05, 3.63) is 111 Å². The number of anilines is 1. The lowest BCUT2D eigenvalue weighted by molar-refractivity contribution is -0.117. The van der Waals surface area contributed by atoms with Crippen LogP contribution in [-0.2, 0) is 11.4 Å². The first-order valence-electron chi connectivity index (χ1n) is 12.8. The zero-order valence-corrected chi connectivity index (χ0v) is 24.0. The number of aromatic nitrogens is 2. The molecule has 0 saturated carbocycles. The second-order valence-corrected chi connectivity index (χ2v) is 9.97. The van der Waals surface area contributed by atoms with Crippen LogP contribution in [0.2, 0.25) is 10.0 Å². The van der Waals surface area contributed by atoms with Crippen molar-refractivity contribution < 1.29 is 23.5 Å². The molecule has 9 nitrogen and oxygen atoms in total. The van der Waals surface area contributed by atoms with Crippen molar-refractivity contribution in [2.24, 2.45) is 4.99 Å². The SMILES string of the molecule is CCOc1cc(Cl)cc(Cl)c1C1=NC(NC(=O)c2cc(F)cnc2OCc2cccnc2C)C(=O)Nc2ccccc21. The first kappa shape index (κ1) is 29.0. The number of aryl methyl sites for hydroxylation is 1. The zero-order chi connectivity index (χ0) is 29.8. The predicted molar refractivity (Wildman–Crippen MR) is 157 cm³/mol. The number of ether oxygens (including phenoxy) is 2. The molecule has 42 heavy (non-hydrogen) atoms. The predicted octanol–water partition coefficient (Wildman–Crippen LogP) is 5.75. The molecule has 2 amide bonds. The number of halogens is 3. The number of nitrogens with zero attached hydrogens (tertiary/aromatic N) is 3. The Labute approximate surface area is 250 Å². The number of carbonyl (C=O) groups excluding carboxylic acids is 2. The summed E-state index contributed by atoms with van der Waals surface area (Å²) in [6.45, 7) is 3.96. The highest BCUT2D eigenvalue weighted by Gasteiger charge is 2.31. The third-order valence-corrected chi connectivity index (χ3v) is 6.83. The number of aliphatic imine (C=N–C) groups is 1. The molecule has 2 aromatic carbocycles. The largest absolute Gasteiger partial charge is 0.493 e. The Morgan fingerprint density at radius 3 is 2.69 bits per heavy atom. The van der Waals surface area contributed by atoms with Crippen LogP contribution in [0.1, 0.15) is 39.7 Å². The second kappa shape index (κ2) is 12.5. The van der Waals surface area contributed by atoms with Crippen molar-refractivity contribution in [3.8, 4) is 11.6 Å². The Kier molecular flexibility index (Phi) is 8.65. The van der Waals surface area contributed by atoms with Gasteiger partial charge in [-0.05, 0) is 44.2 Å². The first-order valence-corrected chi connectivity index (χ1v) is 13.6. The monoisotopic (exact) mass is 607 g/mol. The molecule has 12 heteroatoms. The summed E-state index contributed by atoms with van der Waals surface area (Å²) >= 11 is 12.9. The molecule has 2 aromatic heterocycles. The van der Waals surface area contributed by atoms with E-state index in [1.165, 1.54) is 6.07 Å². The fraction of sp³-hybridized carbons (Fsp3) is 0.167. The van der Waals surface area contributed by atoms with Crippen LogP contribution in [0.4, 0.5) is 10.1 Å². The van der Waals surface area contributed by atoms with Crippen LogP contribution in [0.5, 0.6) is 11.6 Å². The summed E-state index contributed by atoms with van der Waals surface area (Å²) in [6, 6.07) is 14.6. The van der Waals surface area contributed by atoms with Crippen LogP contribution in [0.3, 0.4) is 0 Å². The quantitative estimate of drug-likeness (QED) is 0.263. The molecule has 0 radical (unpaired) electrons. The molecule has 0 spiro atoms. The number of para-hydroxylation sites is 1. The molecule has 0 aliphatic carbocycles. The van der Waals surface area contributed by atoms with Gasteiger partial charge in [-0.15, -0.1) is 0 Å². The summed E-state index contributed by atoms with van der Waals surface area (Å²) in [5.41, 5.74) is 2.91. The Hall–Kier alpha value is -4.54. The van der Waals surface area contributed by atoms with Crippen molar-refractivity contribution in [2.75, 3.05) is 11.9 Å². The minimum absolute atomic E-state index is 0.0371. The Morgan fingerprint density at radius 1 is 1.10 bits per heavy atom. The van der Waals surface area contributed by atoms with E-state index in [1.807, 2.05) is 13.0 Å². The lowest BCUT2D eigenvalue weighted by Crippen LogP contribution is -2.42. The molecule has 4 aromatic rings. The summed E-state index contributed by atoms with van der Waals surface area (Å²) < 4.78 is 25.8. The summed E-state index contributed by atoms with van der Waals surface area (Å²) in [5.74, 6) is -2.01. The van der Waals surface area contributed by atoms with E-state index in [1.54, 1.807) is 49.5 Å². The maximum absolute atomic E-state index is 14.3. The van der Waals surface area contributed by atoms with Gasteiger partial charge in [-0.3, -0.25) is 14.6 Å². The Balaban J connectivity index is 1.52. The van der Waals surface area contributed by atoms with Crippen LogP contribution in [0, 0.1) is 12.7 Å². The smallest absolute Gasteiger partial charge is 0.269 e. The minimum atomic E-state index is -1.45. The van der Waals surface area contributed by atoms with Gasteiger partial charge in [-0.2, -0.15) is 0 Å². The summed E-state index contributed by atoms with van der Waals surface area (Å²) in [4.78, 5) is 39.6. The van der Waals surface area contributed by atoms with E-state index in [4.69, 9.17) is 32.7 Å². The molecule has 2 N–H and O–H groups in total. The highest BCUT2D eigenvalue weighted by Crippen LogP contribution is 2.36. The second-order valence-electron chi connectivity index (χ2n) is 9.13. The molecule has 214 valence electrons. The van der Waals surface area contributed by atoms with E-state index >= 15 is 0 Å². The number of hydrogen-bond donors (Lipinski definition) is 2. The summed E-state index contributed by atoms with van der Waals surface area (Å²) in [7, 11) is 0. The number of rotatable bonds is 8. The normalized spacial score (nSPS) is 14.3. The standard InChI is InChI=1S/C30H24Cl2FN5O4/c1-3-41-24-12-18(31)11-22(32)25(24)26-20-8-4-5-9-23(20)36-29(40)27(37-26)38-28(39)21-13-19(33)14-35-30(21)42-15-17-7-6-10-34-16(17)2/h4-14,27H,3,15H2,1-2H3,(H,36,40)(H,38,39). The molecule has 3 heterocycles. The topological polar surface area (TPSA) is 115 Å². The van der Waals surface area contributed by atoms with Gasteiger partial charge in [0, 0.05) is 28.0 Å². The number of benzodiazepines with no additional fused rings is 1. The lowest BCUT2D eigenvalue weighted by atomic mass is 9.99. The van der Waals surface area contributed by atoms with Gasteiger partial charge >= 0.3 is 0 Å². The van der Waals surface area contributed by atoms with Crippen LogP contribution in [0.15, 0.2) is 72.0 Å². The van der Waals surface area contributed by atoms with E-state index < -0.39 is 23.8 Å². The number of benzene rings is 2. The van der Waals surface area contributed by atoms with Gasteiger partial charge in [0.05, 0.1) is 34.8 Å². The Bertz CT molecular complexity index is 1720. The molecule has 1 aliphatic heterocycles. The van der Waals surface area contributed by atoms with Crippen LogP contribution in [0.25, 0.3) is 0 Å². The van der Waals surface area contributed by atoms with Gasteiger partial charge < -0.3 is 20.1 Å². The third-order valence-electron chi connectivity index (χ3n) is 6.31. The number of pyridine rings is 2. The van der Waals surface area contributed by atoms with Crippen molar-refractivity contribution in [1.82, 2.24) is 15.3 Å². The number of hydrogen-bond acceptors (Lipinski definition) is 7. The van der Waals surface area contributed by atoms with Gasteiger partial charge in [0.1, 0.15) is 23.7 Å². The number of fused-ring (bicyclic) bond motifs is 1. The molecule has 5 rings (SSSR count). The summed E-state index contributed by atoms with van der Waals surface area (Å²) in [6.07, 6.45) is 1.14. The van der Waals surface area contributed by atoms with E-state index in [-0.39, 0.29) is 28.8 Å². The van der Waals surface area contributed by atoms with Gasteiger partial charge in [-0.1, -0.05) is 47.5 Å². The molecular formula is C30H24Cl2FN5O4. The maximum Gasteiger partial charge on any atom is 0.269 e. The highest BCUT2D eigenvalue weighted by atomic mass is 35.5. The lowest BCUT2D eigenvalue weighted by Gasteiger charge is -2.17. The van der Waals surface area contributed by atoms with Crippen LogP contribution >= 0.6 is 23.2 Å². The maximum atomic E-state index is 14.3. The van der Waals surface area contributed by atoms with Gasteiger partial charge in [0.2, 0.25) is 12.0 Å². The minimum Gasteiger partial charge on any atom is -0.493 e. The van der Waals surface area contributed by atoms with Crippen molar-refractivity contribution in [3.63, 3.8) is 0 Å². The molecule has 1 atom stereocenters. The molecule has 0 bridgehead atoms. The van der Waals surface area contributed by atoms with Crippen molar-refractivity contribution in [1.29, 1.82) is 0 Å². The van der Waals surface area contributed by atoms with E-state index in [0.717, 1.165) is 23.5 Å². The fourth-order valence-corrected chi connectivity index (χ4v) is 4.89. The fourth-order valence-electron chi connectivity index (χ4n) is 4.33. The van der Waals surface area contributed by atoms with Gasteiger partial charge in [-0.25, -0.2) is 14.4 Å². The molecule has 0 saturated heterocycles. The molecular weight excluding hydrogens is 584 g/mol. The van der Waals surface area contributed by atoms with Gasteiger partial charge in [0.15, 0.2) is 0 Å². The van der Waals surface area contributed by atoms with E-state index in [2.05, 4.69) is 25.6 Å².